The Bertz CT molecular complexity index is 2070. The molecule has 0 saturated carbocycles. The fourth-order valence-electron chi connectivity index (χ4n) is 7.69. The Hall–Kier alpha value is -3.92. The Kier molecular flexibility index (Phi) is 10.6. The molecule has 7 rings (SSSR count). The lowest BCUT2D eigenvalue weighted by Gasteiger charge is -2.56. The normalized spacial score (nSPS) is 15.4. The van der Waals surface area contributed by atoms with Crippen LogP contribution in [0.5, 0.6) is 5.75 Å². The van der Waals surface area contributed by atoms with Crippen LogP contribution in [0.2, 0.25) is 5.02 Å². The number of fused-ring (bicyclic) bond motifs is 2. The number of halogens is 2. The molecule has 3 aromatic carbocycles. The van der Waals surface area contributed by atoms with Crippen molar-refractivity contribution < 1.29 is 18.7 Å². The van der Waals surface area contributed by atoms with Crippen LogP contribution in [-0.4, -0.2) is 70.1 Å². The summed E-state index contributed by atoms with van der Waals surface area (Å²) in [6.45, 7) is 19.9. The van der Waals surface area contributed by atoms with Crippen molar-refractivity contribution in [2.45, 2.75) is 73.5 Å². The van der Waals surface area contributed by atoms with E-state index in [9.17, 15) is 9.18 Å². The highest BCUT2D eigenvalue weighted by atomic mass is 35.5. The van der Waals surface area contributed by atoms with E-state index in [0.717, 1.165) is 82.5 Å². The monoisotopic (exact) mass is 715 g/mol. The zero-order chi connectivity index (χ0) is 36.7. The third-order valence-corrected chi connectivity index (χ3v) is 10.3. The summed E-state index contributed by atoms with van der Waals surface area (Å²) in [5.74, 6) is 0.0825. The van der Waals surface area contributed by atoms with Crippen molar-refractivity contribution in [3.05, 3.63) is 82.0 Å². The SMILES string of the molecule is CC.Cc1nn(C)c(C)c1-c1c(Cl)ccc2c(CCCOc3cccc4cc(F)ccc34)c(C(=O)OC(C)(C)C)n(CCN3CC4(CNC4)C3)c12. The summed E-state index contributed by atoms with van der Waals surface area (Å²) >= 11 is 7.10. The van der Waals surface area contributed by atoms with Crippen molar-refractivity contribution in [3.63, 3.8) is 0 Å². The summed E-state index contributed by atoms with van der Waals surface area (Å²) in [5.41, 5.74) is 5.90. The summed E-state index contributed by atoms with van der Waals surface area (Å²) in [4.78, 5) is 16.8. The maximum absolute atomic E-state index is 14.3. The van der Waals surface area contributed by atoms with Crippen molar-refractivity contribution in [2.75, 3.05) is 39.3 Å². The third-order valence-electron chi connectivity index (χ3n) is 10.0. The highest BCUT2D eigenvalue weighted by molar-refractivity contribution is 6.35. The molecule has 1 spiro atoms. The number of aromatic nitrogens is 3. The summed E-state index contributed by atoms with van der Waals surface area (Å²) < 4.78 is 30.3. The molecular formula is C41H51ClFN5O3. The van der Waals surface area contributed by atoms with Gasteiger partial charge < -0.3 is 24.3 Å². The molecule has 2 aromatic heterocycles. The van der Waals surface area contributed by atoms with Crippen LogP contribution in [0.25, 0.3) is 32.8 Å². The average Bonchev–Trinajstić information content (AvgIpc) is 3.49. The number of carbonyl (C=O) groups is 1. The number of ether oxygens (including phenoxy) is 2. The summed E-state index contributed by atoms with van der Waals surface area (Å²) in [6, 6.07) is 14.4. The van der Waals surface area contributed by atoms with Gasteiger partial charge in [-0.05, 0) is 88.7 Å². The maximum Gasteiger partial charge on any atom is 0.355 e. The van der Waals surface area contributed by atoms with Crippen molar-refractivity contribution in [1.82, 2.24) is 24.6 Å². The minimum atomic E-state index is -0.676. The summed E-state index contributed by atoms with van der Waals surface area (Å²) in [5, 5.41) is 11.4. The highest BCUT2D eigenvalue weighted by Crippen LogP contribution is 2.43. The average molecular weight is 716 g/mol. The molecule has 4 heterocycles. The third kappa shape index (κ3) is 7.26. The molecule has 51 heavy (non-hydrogen) atoms. The maximum atomic E-state index is 14.3. The highest BCUT2D eigenvalue weighted by Gasteiger charge is 2.47. The van der Waals surface area contributed by atoms with Gasteiger partial charge in [-0.25, -0.2) is 9.18 Å². The number of aryl methyl sites for hydroxylation is 3. The van der Waals surface area contributed by atoms with Gasteiger partial charge >= 0.3 is 5.97 Å². The smallest absolute Gasteiger partial charge is 0.355 e. The molecule has 272 valence electrons. The van der Waals surface area contributed by atoms with E-state index in [2.05, 4.69) is 21.7 Å². The van der Waals surface area contributed by atoms with E-state index in [1.807, 2.05) is 83.6 Å². The van der Waals surface area contributed by atoms with Crippen LogP contribution in [0.15, 0.2) is 48.5 Å². The summed E-state index contributed by atoms with van der Waals surface area (Å²) in [6.07, 6.45) is 1.24. The number of rotatable bonds is 10. The van der Waals surface area contributed by atoms with Crippen molar-refractivity contribution >= 4 is 39.2 Å². The van der Waals surface area contributed by atoms with Gasteiger partial charge in [-0.1, -0.05) is 43.6 Å². The fourth-order valence-corrected chi connectivity index (χ4v) is 7.94. The van der Waals surface area contributed by atoms with E-state index in [1.165, 1.54) is 12.1 Å². The van der Waals surface area contributed by atoms with Crippen LogP contribution in [0.4, 0.5) is 4.39 Å². The van der Waals surface area contributed by atoms with Crippen molar-refractivity contribution in [3.8, 4) is 16.9 Å². The van der Waals surface area contributed by atoms with Crippen LogP contribution < -0.4 is 10.1 Å². The molecule has 0 atom stereocenters. The van der Waals surface area contributed by atoms with E-state index < -0.39 is 5.60 Å². The Labute approximate surface area is 305 Å². The first kappa shape index (κ1) is 36.9. The summed E-state index contributed by atoms with van der Waals surface area (Å²) in [7, 11) is 1.94. The molecule has 0 aliphatic carbocycles. The van der Waals surface area contributed by atoms with Crippen LogP contribution in [0, 0.1) is 25.1 Å². The Balaban J connectivity index is 0.00000220. The van der Waals surface area contributed by atoms with Crippen molar-refractivity contribution in [2.24, 2.45) is 12.5 Å². The molecule has 0 bridgehead atoms. The van der Waals surface area contributed by atoms with Crippen LogP contribution in [0.3, 0.4) is 0 Å². The molecule has 10 heteroatoms. The standard InChI is InChI=1S/C39H45ClFN5O3.C2H6/c1-24-33(25(2)44(6)43-24)34-31(40)15-14-30-29(10-8-18-48-32-11-7-9-26-19-27(41)12-13-28(26)32)36(37(47)49-38(3,4)5)46(35(30)34)17-16-45-22-39(23-45)20-42-21-39;1-2/h7,9,11-15,19,42H,8,10,16-18,20-23H2,1-6H3;1-2H3. The van der Waals surface area contributed by atoms with Gasteiger partial charge in [0, 0.05) is 79.3 Å². The molecule has 2 aliphatic heterocycles. The number of nitrogens with one attached hydrogen (secondary N) is 1. The topological polar surface area (TPSA) is 73.6 Å². The molecule has 0 amide bonds. The van der Waals surface area contributed by atoms with Gasteiger partial charge in [0.05, 0.1) is 22.8 Å². The van der Waals surface area contributed by atoms with E-state index in [0.29, 0.717) is 47.9 Å². The van der Waals surface area contributed by atoms with Gasteiger partial charge in [0.1, 0.15) is 22.9 Å². The molecule has 0 radical (unpaired) electrons. The first-order valence-electron chi connectivity index (χ1n) is 18.2. The number of hydrogen-bond acceptors (Lipinski definition) is 6. The lowest BCUT2D eigenvalue weighted by Crippen LogP contribution is -2.71. The van der Waals surface area contributed by atoms with Gasteiger partial charge in [0.25, 0.3) is 0 Å². The van der Waals surface area contributed by atoms with Gasteiger partial charge in [0.2, 0.25) is 0 Å². The zero-order valence-corrected chi connectivity index (χ0v) is 32.0. The van der Waals surface area contributed by atoms with E-state index >= 15 is 0 Å². The quantitative estimate of drug-likeness (QED) is 0.116. The number of hydrogen-bond donors (Lipinski definition) is 1. The molecule has 0 unspecified atom stereocenters. The number of benzene rings is 3. The molecule has 1 N–H and O–H groups in total. The molecule has 2 fully saturated rings. The Morgan fingerprint density at radius 2 is 1.75 bits per heavy atom. The minimum Gasteiger partial charge on any atom is -0.493 e. The molecule has 2 aliphatic rings. The minimum absolute atomic E-state index is 0.277. The molecule has 8 nitrogen and oxygen atoms in total. The molecule has 2 saturated heterocycles. The number of carbonyl (C=O) groups excluding carboxylic acids is 1. The first-order valence-corrected chi connectivity index (χ1v) is 18.5. The van der Waals surface area contributed by atoms with Gasteiger partial charge in [-0.15, -0.1) is 0 Å². The lowest BCUT2D eigenvalue weighted by molar-refractivity contribution is -0.0406. The van der Waals surface area contributed by atoms with E-state index in [4.69, 9.17) is 26.2 Å². The predicted molar refractivity (Wildman–Crippen MR) is 205 cm³/mol. The lowest BCUT2D eigenvalue weighted by atomic mass is 9.74. The van der Waals surface area contributed by atoms with E-state index in [1.54, 1.807) is 6.07 Å². The van der Waals surface area contributed by atoms with Crippen LogP contribution >= 0.6 is 11.6 Å². The second-order valence-electron chi connectivity index (χ2n) is 14.9. The number of likely N-dealkylation sites (tertiary alicyclic amines) is 1. The van der Waals surface area contributed by atoms with Gasteiger partial charge in [-0.2, -0.15) is 5.10 Å². The van der Waals surface area contributed by atoms with E-state index in [-0.39, 0.29) is 11.8 Å². The molecular weight excluding hydrogens is 665 g/mol. The largest absolute Gasteiger partial charge is 0.493 e. The Morgan fingerprint density at radius 1 is 1.02 bits per heavy atom. The van der Waals surface area contributed by atoms with Gasteiger partial charge in [0.15, 0.2) is 0 Å². The van der Waals surface area contributed by atoms with Crippen LogP contribution in [0.1, 0.15) is 68.5 Å². The van der Waals surface area contributed by atoms with Gasteiger partial charge in [-0.3, -0.25) is 4.68 Å². The van der Waals surface area contributed by atoms with Crippen molar-refractivity contribution in [1.29, 1.82) is 0 Å². The fraction of sp³-hybridized carbons (Fsp3) is 0.463. The number of esters is 1. The Morgan fingerprint density at radius 3 is 2.39 bits per heavy atom. The van der Waals surface area contributed by atoms with Crippen LogP contribution in [-0.2, 0) is 24.8 Å². The second-order valence-corrected chi connectivity index (χ2v) is 15.3. The number of nitrogens with zero attached hydrogens (tertiary/aromatic N) is 4. The molecule has 5 aromatic rings. The first-order chi connectivity index (χ1) is 24.3. The predicted octanol–water partition coefficient (Wildman–Crippen LogP) is 8.50. The zero-order valence-electron chi connectivity index (χ0n) is 31.3. The second kappa shape index (κ2) is 14.6.